The molecule has 1 aromatic rings. The summed E-state index contributed by atoms with van der Waals surface area (Å²) in [5.74, 6) is -0.343. The predicted molar refractivity (Wildman–Crippen MR) is 64.5 cm³/mol. The number of rotatable bonds is 3. The maximum absolute atomic E-state index is 13.2. The van der Waals surface area contributed by atoms with Crippen LogP contribution in [0, 0.1) is 5.82 Å². The zero-order valence-electron chi connectivity index (χ0n) is 9.93. The average Bonchev–Trinajstić information content (AvgIpc) is 2.76. The van der Waals surface area contributed by atoms with Crippen LogP contribution in [0.1, 0.15) is 31.4 Å². The second-order valence-electron chi connectivity index (χ2n) is 4.55. The molecule has 0 aromatic heterocycles. The highest BCUT2D eigenvalue weighted by Crippen LogP contribution is 2.32. The SMILES string of the molecule is CC(O)c1cc(F)ccc1N1CCCC1CO. The van der Waals surface area contributed by atoms with E-state index >= 15 is 0 Å². The molecule has 0 radical (unpaired) electrons. The van der Waals surface area contributed by atoms with Crippen molar-refractivity contribution in [3.05, 3.63) is 29.6 Å². The molecule has 3 nitrogen and oxygen atoms in total. The van der Waals surface area contributed by atoms with Gasteiger partial charge in [0, 0.05) is 17.8 Å². The molecule has 1 heterocycles. The summed E-state index contributed by atoms with van der Waals surface area (Å²) < 4.78 is 13.2. The van der Waals surface area contributed by atoms with Gasteiger partial charge in [0.1, 0.15) is 5.82 Å². The molecule has 1 fully saturated rings. The van der Waals surface area contributed by atoms with E-state index in [1.54, 1.807) is 13.0 Å². The molecule has 0 aliphatic carbocycles. The van der Waals surface area contributed by atoms with Crippen LogP contribution in [0.15, 0.2) is 18.2 Å². The molecule has 1 aliphatic heterocycles. The van der Waals surface area contributed by atoms with Crippen molar-refractivity contribution in [2.24, 2.45) is 0 Å². The summed E-state index contributed by atoms with van der Waals surface area (Å²) in [5, 5.41) is 19.0. The summed E-state index contributed by atoms with van der Waals surface area (Å²) in [6, 6.07) is 4.53. The highest BCUT2D eigenvalue weighted by molar-refractivity contribution is 5.56. The first-order valence-electron chi connectivity index (χ1n) is 5.98. The molecule has 1 aliphatic rings. The van der Waals surface area contributed by atoms with Crippen molar-refractivity contribution in [3.63, 3.8) is 0 Å². The first-order valence-corrected chi connectivity index (χ1v) is 5.98. The number of hydrogen-bond donors (Lipinski definition) is 2. The molecule has 1 saturated heterocycles. The van der Waals surface area contributed by atoms with Crippen molar-refractivity contribution in [1.29, 1.82) is 0 Å². The number of aliphatic hydroxyl groups excluding tert-OH is 2. The Morgan fingerprint density at radius 1 is 1.53 bits per heavy atom. The van der Waals surface area contributed by atoms with Crippen LogP contribution in [-0.4, -0.2) is 29.4 Å². The van der Waals surface area contributed by atoms with Crippen molar-refractivity contribution in [2.45, 2.75) is 31.9 Å². The number of aliphatic hydroxyl groups is 2. The molecule has 2 atom stereocenters. The Balaban J connectivity index is 2.37. The van der Waals surface area contributed by atoms with E-state index in [0.29, 0.717) is 5.56 Å². The third-order valence-electron chi connectivity index (χ3n) is 3.34. The highest BCUT2D eigenvalue weighted by Gasteiger charge is 2.26. The van der Waals surface area contributed by atoms with Gasteiger partial charge in [-0.3, -0.25) is 0 Å². The van der Waals surface area contributed by atoms with Gasteiger partial charge in [-0.05, 0) is 38.0 Å². The fourth-order valence-electron chi connectivity index (χ4n) is 2.46. The Bertz CT molecular complexity index is 395. The number of anilines is 1. The molecule has 2 N–H and O–H groups in total. The Labute approximate surface area is 100 Å². The number of nitrogens with zero attached hydrogens (tertiary/aromatic N) is 1. The molecule has 2 rings (SSSR count). The lowest BCUT2D eigenvalue weighted by Crippen LogP contribution is -2.33. The minimum atomic E-state index is -0.708. The topological polar surface area (TPSA) is 43.7 Å². The molecule has 0 amide bonds. The Morgan fingerprint density at radius 2 is 2.29 bits per heavy atom. The maximum Gasteiger partial charge on any atom is 0.123 e. The van der Waals surface area contributed by atoms with Gasteiger partial charge >= 0.3 is 0 Å². The summed E-state index contributed by atoms with van der Waals surface area (Å²) in [5.41, 5.74) is 1.42. The predicted octanol–water partition coefficient (Wildman–Crippen LogP) is 1.84. The van der Waals surface area contributed by atoms with Crippen LogP contribution in [0.4, 0.5) is 10.1 Å². The largest absolute Gasteiger partial charge is 0.394 e. The second-order valence-corrected chi connectivity index (χ2v) is 4.55. The number of halogens is 1. The minimum Gasteiger partial charge on any atom is -0.394 e. The van der Waals surface area contributed by atoms with E-state index in [1.807, 2.05) is 0 Å². The molecular weight excluding hydrogens is 221 g/mol. The van der Waals surface area contributed by atoms with Gasteiger partial charge in [-0.1, -0.05) is 0 Å². The lowest BCUT2D eigenvalue weighted by Gasteiger charge is -2.28. The summed E-state index contributed by atoms with van der Waals surface area (Å²) in [6.45, 7) is 2.56. The van der Waals surface area contributed by atoms with Crippen molar-refractivity contribution in [1.82, 2.24) is 0 Å². The quantitative estimate of drug-likeness (QED) is 0.846. The van der Waals surface area contributed by atoms with E-state index in [-0.39, 0.29) is 18.5 Å². The van der Waals surface area contributed by atoms with Crippen molar-refractivity contribution < 1.29 is 14.6 Å². The fraction of sp³-hybridized carbons (Fsp3) is 0.538. The summed E-state index contributed by atoms with van der Waals surface area (Å²) in [7, 11) is 0. The van der Waals surface area contributed by atoms with Gasteiger partial charge in [-0.15, -0.1) is 0 Å². The van der Waals surface area contributed by atoms with Crippen LogP contribution in [0.5, 0.6) is 0 Å². The van der Waals surface area contributed by atoms with Crippen LogP contribution in [-0.2, 0) is 0 Å². The number of benzene rings is 1. The fourth-order valence-corrected chi connectivity index (χ4v) is 2.46. The Hall–Kier alpha value is -1.13. The van der Waals surface area contributed by atoms with Gasteiger partial charge in [0.05, 0.1) is 18.8 Å². The van der Waals surface area contributed by atoms with Crippen LogP contribution in [0.2, 0.25) is 0 Å². The standard InChI is InChI=1S/C13H18FNO2/c1-9(17)12-7-10(14)4-5-13(12)15-6-2-3-11(15)8-16/h4-5,7,9,11,16-17H,2-3,6,8H2,1H3. The van der Waals surface area contributed by atoms with E-state index in [0.717, 1.165) is 25.1 Å². The average molecular weight is 239 g/mol. The van der Waals surface area contributed by atoms with Gasteiger partial charge in [-0.2, -0.15) is 0 Å². The first-order chi connectivity index (χ1) is 8.13. The van der Waals surface area contributed by atoms with E-state index < -0.39 is 6.10 Å². The molecule has 0 bridgehead atoms. The molecule has 0 saturated carbocycles. The van der Waals surface area contributed by atoms with Crippen LogP contribution < -0.4 is 4.90 Å². The molecule has 2 unspecified atom stereocenters. The molecule has 0 spiro atoms. The van der Waals surface area contributed by atoms with Crippen molar-refractivity contribution in [3.8, 4) is 0 Å². The minimum absolute atomic E-state index is 0.0814. The van der Waals surface area contributed by atoms with Gasteiger partial charge in [0.25, 0.3) is 0 Å². The second kappa shape index (κ2) is 5.02. The lowest BCUT2D eigenvalue weighted by molar-refractivity contribution is 0.198. The maximum atomic E-state index is 13.2. The van der Waals surface area contributed by atoms with Crippen molar-refractivity contribution >= 4 is 5.69 Å². The normalized spacial score (nSPS) is 21.9. The smallest absolute Gasteiger partial charge is 0.123 e. The van der Waals surface area contributed by atoms with Gasteiger partial charge < -0.3 is 15.1 Å². The molecule has 1 aromatic carbocycles. The highest BCUT2D eigenvalue weighted by atomic mass is 19.1. The summed E-state index contributed by atoms with van der Waals surface area (Å²) >= 11 is 0. The van der Waals surface area contributed by atoms with Crippen molar-refractivity contribution in [2.75, 3.05) is 18.1 Å². The lowest BCUT2D eigenvalue weighted by atomic mass is 10.1. The summed E-state index contributed by atoms with van der Waals surface area (Å²) in [6.07, 6.45) is 1.25. The van der Waals surface area contributed by atoms with E-state index in [4.69, 9.17) is 0 Å². The van der Waals surface area contributed by atoms with Gasteiger partial charge in [0.2, 0.25) is 0 Å². The van der Waals surface area contributed by atoms with E-state index in [9.17, 15) is 14.6 Å². The van der Waals surface area contributed by atoms with Crippen LogP contribution in [0.25, 0.3) is 0 Å². The third-order valence-corrected chi connectivity index (χ3v) is 3.34. The molecule has 4 heteroatoms. The van der Waals surface area contributed by atoms with Crippen LogP contribution >= 0.6 is 0 Å². The van der Waals surface area contributed by atoms with E-state index in [2.05, 4.69) is 4.90 Å². The molecular formula is C13H18FNO2. The Kier molecular flexibility index (Phi) is 3.64. The number of hydrogen-bond acceptors (Lipinski definition) is 3. The first kappa shape index (κ1) is 12.3. The van der Waals surface area contributed by atoms with Crippen LogP contribution in [0.3, 0.4) is 0 Å². The Morgan fingerprint density at radius 3 is 2.94 bits per heavy atom. The summed E-state index contributed by atoms with van der Waals surface area (Å²) in [4.78, 5) is 2.06. The zero-order valence-corrected chi connectivity index (χ0v) is 9.93. The zero-order chi connectivity index (χ0) is 12.4. The molecule has 17 heavy (non-hydrogen) atoms. The van der Waals surface area contributed by atoms with Gasteiger partial charge in [-0.25, -0.2) is 4.39 Å². The monoisotopic (exact) mass is 239 g/mol. The van der Waals surface area contributed by atoms with E-state index in [1.165, 1.54) is 12.1 Å². The molecule has 94 valence electrons. The third kappa shape index (κ3) is 2.42. The van der Waals surface area contributed by atoms with Gasteiger partial charge in [0.15, 0.2) is 0 Å².